The van der Waals surface area contributed by atoms with Crippen LogP contribution in [0.5, 0.6) is 0 Å². The summed E-state index contributed by atoms with van der Waals surface area (Å²) in [5, 5.41) is 3.07. The molecule has 0 saturated carbocycles. The Hall–Kier alpha value is -0.610. The molecule has 1 rings (SSSR count). The Labute approximate surface area is 117 Å². The van der Waals surface area contributed by atoms with Crippen LogP contribution in [0.15, 0.2) is 0 Å². The van der Waals surface area contributed by atoms with Gasteiger partial charge in [0.2, 0.25) is 0 Å². The molecule has 0 amide bonds. The van der Waals surface area contributed by atoms with Crippen LogP contribution in [0.4, 0.5) is 0 Å². The fourth-order valence-corrected chi connectivity index (χ4v) is 2.91. The number of likely N-dealkylation sites (N-methyl/N-ethyl adjacent to an activating group) is 1. The van der Waals surface area contributed by atoms with E-state index >= 15 is 0 Å². The fraction of sp³-hybridized carbons (Fsp3) is 0.933. The summed E-state index contributed by atoms with van der Waals surface area (Å²) in [5.41, 5.74) is 0. The van der Waals surface area contributed by atoms with E-state index in [0.29, 0.717) is 12.6 Å². The Bertz CT molecular complexity index is 259. The predicted octanol–water partition coefficient (Wildman–Crippen LogP) is 2.18. The first-order valence-corrected chi connectivity index (χ1v) is 7.80. The highest BCUT2D eigenvalue weighted by atomic mass is 16.5. The second kappa shape index (κ2) is 9.32. The number of carbonyl (C=O) groups is 1. The Balaban J connectivity index is 2.44. The summed E-state index contributed by atoms with van der Waals surface area (Å²) in [6, 6.07) is 0.530. The van der Waals surface area contributed by atoms with Crippen molar-refractivity contribution in [3.8, 4) is 0 Å². The molecule has 0 aromatic heterocycles. The Kier molecular flexibility index (Phi) is 8.07. The van der Waals surface area contributed by atoms with E-state index in [9.17, 15) is 4.79 Å². The molecule has 1 N–H and O–H groups in total. The van der Waals surface area contributed by atoms with Gasteiger partial charge in [-0.15, -0.1) is 0 Å². The highest BCUT2D eigenvalue weighted by molar-refractivity contribution is 5.75. The number of nitrogens with one attached hydrogen (secondary N) is 1. The van der Waals surface area contributed by atoms with Gasteiger partial charge in [0.1, 0.15) is 6.04 Å². The molecule has 0 spiro atoms. The van der Waals surface area contributed by atoms with Gasteiger partial charge in [-0.25, -0.2) is 0 Å². The Morgan fingerprint density at radius 1 is 1.37 bits per heavy atom. The predicted molar refractivity (Wildman–Crippen MR) is 78.2 cm³/mol. The number of esters is 1. The molecule has 0 aliphatic carbocycles. The quantitative estimate of drug-likeness (QED) is 0.720. The summed E-state index contributed by atoms with van der Waals surface area (Å²) in [6.07, 6.45) is 7.35. The summed E-state index contributed by atoms with van der Waals surface area (Å²) >= 11 is 0. The van der Waals surface area contributed by atoms with E-state index in [4.69, 9.17) is 4.74 Å². The van der Waals surface area contributed by atoms with Crippen molar-refractivity contribution in [2.45, 2.75) is 64.5 Å². The minimum atomic E-state index is -0.166. The number of carbonyl (C=O) groups excluding carboxylic acids is 1. The Morgan fingerprint density at radius 2 is 2.16 bits per heavy atom. The fourth-order valence-electron chi connectivity index (χ4n) is 2.91. The molecule has 1 fully saturated rings. The number of ether oxygens (including phenoxy) is 1. The molecular formula is C15H30N2O2. The van der Waals surface area contributed by atoms with E-state index in [0.717, 1.165) is 13.0 Å². The average Bonchev–Trinajstić information content (AvgIpc) is 2.64. The van der Waals surface area contributed by atoms with E-state index in [1.54, 1.807) is 0 Å². The second-order valence-electron chi connectivity index (χ2n) is 5.33. The molecule has 4 nitrogen and oxygen atoms in total. The average molecular weight is 270 g/mol. The number of hydrogen-bond acceptors (Lipinski definition) is 4. The monoisotopic (exact) mass is 270 g/mol. The van der Waals surface area contributed by atoms with Crippen LogP contribution >= 0.6 is 0 Å². The van der Waals surface area contributed by atoms with Crippen LogP contribution in [0.1, 0.15) is 52.4 Å². The zero-order valence-corrected chi connectivity index (χ0v) is 12.8. The molecule has 2 unspecified atom stereocenters. The lowest BCUT2D eigenvalue weighted by molar-refractivity contribution is -0.145. The molecule has 1 saturated heterocycles. The van der Waals surface area contributed by atoms with Gasteiger partial charge in [-0.2, -0.15) is 0 Å². The molecule has 1 aliphatic rings. The van der Waals surface area contributed by atoms with Crippen LogP contribution in [0.25, 0.3) is 0 Å². The molecule has 19 heavy (non-hydrogen) atoms. The van der Waals surface area contributed by atoms with Crippen LogP contribution in [-0.2, 0) is 9.53 Å². The van der Waals surface area contributed by atoms with Gasteiger partial charge in [-0.05, 0) is 46.2 Å². The third-order valence-electron chi connectivity index (χ3n) is 4.09. The van der Waals surface area contributed by atoms with Crippen molar-refractivity contribution >= 4 is 5.97 Å². The lowest BCUT2D eigenvalue weighted by atomic mass is 10.1. The van der Waals surface area contributed by atoms with E-state index in [-0.39, 0.29) is 12.0 Å². The molecule has 0 radical (unpaired) electrons. The van der Waals surface area contributed by atoms with Crippen molar-refractivity contribution in [2.24, 2.45) is 0 Å². The van der Waals surface area contributed by atoms with Gasteiger partial charge in [0.25, 0.3) is 0 Å². The number of nitrogens with zero attached hydrogens (tertiary/aromatic N) is 1. The first kappa shape index (κ1) is 16.4. The van der Waals surface area contributed by atoms with Gasteiger partial charge in [-0.1, -0.05) is 19.8 Å². The zero-order chi connectivity index (χ0) is 14.1. The highest BCUT2D eigenvalue weighted by Gasteiger charge is 2.23. The van der Waals surface area contributed by atoms with Gasteiger partial charge in [-0.3, -0.25) is 4.79 Å². The molecular weight excluding hydrogens is 240 g/mol. The Morgan fingerprint density at radius 3 is 2.79 bits per heavy atom. The lowest BCUT2D eigenvalue weighted by Gasteiger charge is -2.30. The molecule has 0 aromatic rings. The van der Waals surface area contributed by atoms with E-state index < -0.39 is 0 Å². The molecule has 4 heteroatoms. The van der Waals surface area contributed by atoms with E-state index in [2.05, 4.69) is 17.1 Å². The molecule has 1 heterocycles. The molecule has 2 atom stereocenters. The summed E-state index contributed by atoms with van der Waals surface area (Å²) in [5.74, 6) is -0.118. The van der Waals surface area contributed by atoms with Gasteiger partial charge < -0.3 is 15.0 Å². The minimum Gasteiger partial charge on any atom is -0.465 e. The summed E-state index contributed by atoms with van der Waals surface area (Å²) in [4.78, 5) is 14.3. The molecule has 0 aromatic carbocycles. The molecule has 112 valence electrons. The molecule has 1 aliphatic heterocycles. The summed E-state index contributed by atoms with van der Waals surface area (Å²) in [6.45, 7) is 6.75. The van der Waals surface area contributed by atoms with Crippen molar-refractivity contribution in [1.82, 2.24) is 10.2 Å². The SMILES string of the molecule is CCOC(=O)C(CCN1CCCCCC1CC)NC. The maximum Gasteiger partial charge on any atom is 0.323 e. The van der Waals surface area contributed by atoms with Crippen molar-refractivity contribution in [3.63, 3.8) is 0 Å². The van der Waals surface area contributed by atoms with Gasteiger partial charge in [0, 0.05) is 12.6 Å². The zero-order valence-electron chi connectivity index (χ0n) is 12.8. The number of likely N-dealkylation sites (tertiary alicyclic amines) is 1. The van der Waals surface area contributed by atoms with Crippen molar-refractivity contribution < 1.29 is 9.53 Å². The minimum absolute atomic E-state index is 0.118. The largest absolute Gasteiger partial charge is 0.465 e. The summed E-state index contributed by atoms with van der Waals surface area (Å²) in [7, 11) is 1.83. The van der Waals surface area contributed by atoms with Crippen molar-refractivity contribution in [1.29, 1.82) is 0 Å². The summed E-state index contributed by atoms with van der Waals surface area (Å²) < 4.78 is 5.09. The van der Waals surface area contributed by atoms with Gasteiger partial charge in [0.05, 0.1) is 6.61 Å². The molecule has 0 bridgehead atoms. The number of rotatable bonds is 7. The maximum atomic E-state index is 11.8. The first-order valence-electron chi connectivity index (χ1n) is 7.80. The standard InChI is InChI=1S/C15H30N2O2/c1-4-13-9-7-6-8-11-17(13)12-10-14(16-3)15(18)19-5-2/h13-14,16H,4-12H2,1-3H3. The maximum absolute atomic E-state index is 11.8. The third kappa shape index (κ3) is 5.49. The number of hydrogen-bond donors (Lipinski definition) is 1. The van der Waals surface area contributed by atoms with E-state index in [1.165, 1.54) is 38.6 Å². The van der Waals surface area contributed by atoms with Gasteiger partial charge >= 0.3 is 5.97 Å². The van der Waals surface area contributed by atoms with Crippen LogP contribution in [0, 0.1) is 0 Å². The van der Waals surface area contributed by atoms with Crippen LogP contribution in [0.2, 0.25) is 0 Å². The van der Waals surface area contributed by atoms with E-state index in [1.807, 2.05) is 14.0 Å². The van der Waals surface area contributed by atoms with Crippen molar-refractivity contribution in [3.05, 3.63) is 0 Å². The third-order valence-corrected chi connectivity index (χ3v) is 4.09. The van der Waals surface area contributed by atoms with Crippen molar-refractivity contribution in [2.75, 3.05) is 26.7 Å². The lowest BCUT2D eigenvalue weighted by Crippen LogP contribution is -2.42. The van der Waals surface area contributed by atoms with Crippen LogP contribution < -0.4 is 5.32 Å². The first-order chi connectivity index (χ1) is 9.22. The van der Waals surface area contributed by atoms with Crippen LogP contribution in [-0.4, -0.2) is 49.7 Å². The second-order valence-corrected chi connectivity index (χ2v) is 5.33. The highest BCUT2D eigenvalue weighted by Crippen LogP contribution is 2.19. The van der Waals surface area contributed by atoms with Crippen LogP contribution in [0.3, 0.4) is 0 Å². The smallest absolute Gasteiger partial charge is 0.323 e. The normalized spacial score (nSPS) is 22.8. The topological polar surface area (TPSA) is 41.6 Å². The van der Waals surface area contributed by atoms with Gasteiger partial charge in [0.15, 0.2) is 0 Å².